The molecule has 4 aliphatic carbocycles. The molecule has 2 bridgehead atoms. The van der Waals surface area contributed by atoms with Crippen molar-refractivity contribution in [2.45, 2.75) is 104 Å². The minimum absolute atomic E-state index is 0.0376. The lowest BCUT2D eigenvalue weighted by Gasteiger charge is -2.63. The number of carbonyl (C=O) groups excluding carboxylic acids is 5. The van der Waals surface area contributed by atoms with Crippen LogP contribution in [-0.4, -0.2) is 59.2 Å². The smallest absolute Gasteiger partial charge is 0.331 e. The monoisotopic (exact) mass is 652 g/mol. The van der Waals surface area contributed by atoms with Gasteiger partial charge < -0.3 is 28.5 Å². The zero-order valence-corrected chi connectivity index (χ0v) is 28.3. The fourth-order valence-corrected chi connectivity index (χ4v) is 9.68. The number of fused-ring (bicyclic) bond motifs is 4. The van der Waals surface area contributed by atoms with E-state index in [-0.39, 0.29) is 18.4 Å². The molecule has 1 aromatic rings. The van der Waals surface area contributed by atoms with E-state index in [1.165, 1.54) is 25.7 Å². The molecular weight excluding hydrogens is 608 g/mol. The number of hydrogen-bond donors (Lipinski definition) is 1. The van der Waals surface area contributed by atoms with Crippen LogP contribution in [0.1, 0.15) is 92.2 Å². The van der Waals surface area contributed by atoms with Gasteiger partial charge in [0.1, 0.15) is 12.2 Å². The van der Waals surface area contributed by atoms with Gasteiger partial charge in [-0.15, -0.1) is 0 Å². The first-order valence-electron chi connectivity index (χ1n) is 16.4. The van der Waals surface area contributed by atoms with Crippen molar-refractivity contribution in [3.8, 4) is 0 Å². The first kappa shape index (κ1) is 33.2. The predicted molar refractivity (Wildman–Crippen MR) is 164 cm³/mol. The van der Waals surface area contributed by atoms with Crippen LogP contribution in [0.25, 0.3) is 0 Å². The van der Waals surface area contributed by atoms with Crippen LogP contribution in [0.15, 0.2) is 45.8 Å². The molecule has 1 aromatic heterocycles. The number of ether oxygens (including phenoxy) is 4. The quantitative estimate of drug-likeness (QED) is 0.306. The van der Waals surface area contributed by atoms with Crippen LogP contribution < -0.4 is 0 Å². The van der Waals surface area contributed by atoms with Crippen molar-refractivity contribution in [2.24, 2.45) is 34.0 Å². The molecule has 1 aliphatic heterocycles. The lowest BCUT2D eigenvalue weighted by atomic mass is 9.43. The number of esters is 4. The van der Waals surface area contributed by atoms with Gasteiger partial charge in [-0.05, 0) is 42.4 Å². The minimum atomic E-state index is -2.54. The highest BCUT2D eigenvalue weighted by molar-refractivity contribution is 6.12. The van der Waals surface area contributed by atoms with Crippen molar-refractivity contribution in [3.63, 3.8) is 0 Å². The summed E-state index contributed by atoms with van der Waals surface area (Å²) in [5.41, 5.74) is -6.09. The first-order valence-corrected chi connectivity index (χ1v) is 16.4. The van der Waals surface area contributed by atoms with Crippen LogP contribution in [0.3, 0.4) is 0 Å². The zero-order chi connectivity index (χ0) is 34.5. The Balaban J connectivity index is 1.65. The van der Waals surface area contributed by atoms with E-state index in [1.54, 1.807) is 33.8 Å². The van der Waals surface area contributed by atoms with Crippen molar-refractivity contribution < 1.29 is 52.4 Å². The van der Waals surface area contributed by atoms with Gasteiger partial charge in [0.25, 0.3) is 0 Å². The first-order chi connectivity index (χ1) is 22.0. The Morgan fingerprint density at radius 1 is 1.11 bits per heavy atom. The average molecular weight is 653 g/mol. The molecule has 0 aromatic carbocycles. The molecule has 47 heavy (non-hydrogen) atoms. The van der Waals surface area contributed by atoms with E-state index in [9.17, 15) is 24.3 Å². The summed E-state index contributed by atoms with van der Waals surface area (Å²) in [5, 5.41) is 13.2. The van der Waals surface area contributed by atoms with Crippen LogP contribution in [0.2, 0.25) is 0 Å². The number of furan rings is 1. The van der Waals surface area contributed by atoms with Crippen molar-refractivity contribution in [2.75, 3.05) is 7.11 Å². The molecule has 254 valence electrons. The molecule has 1 N–H and O–H groups in total. The highest BCUT2D eigenvalue weighted by Crippen LogP contribution is 2.80. The summed E-state index contributed by atoms with van der Waals surface area (Å²) >= 11 is 0. The molecule has 2 saturated carbocycles. The van der Waals surface area contributed by atoms with Gasteiger partial charge in [-0.1, -0.05) is 48.5 Å². The summed E-state index contributed by atoms with van der Waals surface area (Å²) in [5.74, 6) is -5.10. The summed E-state index contributed by atoms with van der Waals surface area (Å²) in [6, 6.07) is 1.70. The van der Waals surface area contributed by atoms with E-state index in [4.69, 9.17) is 23.4 Å². The SMILES string of the molecule is CCC(C)C(=O)OC1C2(C)CC3(OC(=O)C(C)C)C(C)(C4=C(C(=O)C13O)C1=CC(=O)OC(c3ccoc3)C1(C)CC4)C2CC(=O)OC. The maximum atomic E-state index is 15.3. The highest BCUT2D eigenvalue weighted by atomic mass is 16.6. The highest BCUT2D eigenvalue weighted by Gasteiger charge is 2.91. The Hall–Kier alpha value is -3.73. The molecular formula is C36H44O11. The fourth-order valence-electron chi connectivity index (χ4n) is 9.68. The van der Waals surface area contributed by atoms with Crippen LogP contribution in [0.4, 0.5) is 0 Å². The summed E-state index contributed by atoms with van der Waals surface area (Å²) in [7, 11) is 1.28. The van der Waals surface area contributed by atoms with Gasteiger partial charge in [-0.25, -0.2) is 4.79 Å². The lowest BCUT2D eigenvalue weighted by molar-refractivity contribution is -0.260. The number of methoxy groups -OCH3 is 1. The molecule has 0 amide bonds. The van der Waals surface area contributed by atoms with E-state index < -0.39 is 87.1 Å². The van der Waals surface area contributed by atoms with E-state index in [0.717, 1.165) is 0 Å². The third-order valence-electron chi connectivity index (χ3n) is 12.4. The van der Waals surface area contributed by atoms with Gasteiger partial charge >= 0.3 is 23.9 Å². The summed E-state index contributed by atoms with van der Waals surface area (Å²) in [4.78, 5) is 68.7. The van der Waals surface area contributed by atoms with Crippen LogP contribution in [0, 0.1) is 34.0 Å². The van der Waals surface area contributed by atoms with Gasteiger partial charge in [-0.3, -0.25) is 19.2 Å². The van der Waals surface area contributed by atoms with Gasteiger partial charge in [0.05, 0.1) is 31.5 Å². The van der Waals surface area contributed by atoms with Crippen molar-refractivity contribution in [1.29, 1.82) is 0 Å². The number of hydrogen-bond acceptors (Lipinski definition) is 11. The average Bonchev–Trinajstić information content (AvgIpc) is 3.68. The second kappa shape index (κ2) is 10.6. The Morgan fingerprint density at radius 3 is 2.40 bits per heavy atom. The fraction of sp³-hybridized carbons (Fsp3) is 0.639. The number of aliphatic hydroxyl groups is 1. The summed E-state index contributed by atoms with van der Waals surface area (Å²) in [6.07, 6.45) is 3.02. The molecule has 9 atom stereocenters. The van der Waals surface area contributed by atoms with Gasteiger partial charge in [-0.2, -0.15) is 0 Å². The Labute approximate surface area is 274 Å². The number of cyclic esters (lactones) is 1. The Bertz CT molecular complexity index is 1620. The van der Waals surface area contributed by atoms with E-state index in [0.29, 0.717) is 36.0 Å². The maximum absolute atomic E-state index is 15.3. The van der Waals surface area contributed by atoms with Crippen LogP contribution in [0.5, 0.6) is 0 Å². The van der Waals surface area contributed by atoms with E-state index in [2.05, 4.69) is 0 Å². The molecule has 5 aliphatic rings. The molecule has 11 nitrogen and oxygen atoms in total. The molecule has 2 fully saturated rings. The van der Waals surface area contributed by atoms with Gasteiger partial charge in [0.2, 0.25) is 11.4 Å². The number of rotatable bonds is 8. The Kier molecular flexibility index (Phi) is 7.51. The second-order valence-electron chi connectivity index (χ2n) is 15.0. The number of carbonyl (C=O) groups is 5. The minimum Gasteiger partial charge on any atom is -0.472 e. The zero-order valence-electron chi connectivity index (χ0n) is 28.3. The van der Waals surface area contributed by atoms with Crippen LogP contribution in [-0.2, 0) is 42.9 Å². The summed E-state index contributed by atoms with van der Waals surface area (Å²) < 4.78 is 28.9. The van der Waals surface area contributed by atoms with Crippen molar-refractivity contribution in [3.05, 3.63) is 47.0 Å². The second-order valence-corrected chi connectivity index (χ2v) is 15.0. The number of Topliss-reactive ketones (excluding diaryl/α,β-unsaturated/α-hetero) is 1. The largest absolute Gasteiger partial charge is 0.472 e. The molecule has 0 saturated heterocycles. The third kappa shape index (κ3) is 4.04. The van der Waals surface area contributed by atoms with E-state index >= 15 is 4.79 Å². The third-order valence-corrected chi connectivity index (χ3v) is 12.4. The molecule has 2 heterocycles. The molecule has 11 heteroatoms. The van der Waals surface area contributed by atoms with Gasteiger partial charge in [0, 0.05) is 46.3 Å². The molecule has 9 unspecified atom stereocenters. The molecule has 6 rings (SSSR count). The van der Waals surface area contributed by atoms with Crippen LogP contribution >= 0.6 is 0 Å². The topological polar surface area (TPSA) is 156 Å². The van der Waals surface area contributed by atoms with E-state index in [1.807, 2.05) is 20.8 Å². The number of ketones is 1. The standard InChI is InChI=1S/C36H44O11/c1-9-19(4)30(41)46-31-33(6)17-35(47-29(40)18(2)3)34(7,23(33)15-24(37)43-8)21-10-12-32(5)22(26(21)27(39)36(31,35)42)14-25(38)45-28(32)20-11-13-44-16-20/h11,13-14,16,18-19,23,28,31,42H,9-10,12,15,17H2,1-8H3. The maximum Gasteiger partial charge on any atom is 0.331 e. The molecule has 0 radical (unpaired) electrons. The Morgan fingerprint density at radius 2 is 1.81 bits per heavy atom. The predicted octanol–water partition coefficient (Wildman–Crippen LogP) is 4.72. The lowest BCUT2D eigenvalue weighted by Crippen LogP contribution is -2.77. The van der Waals surface area contributed by atoms with Crippen molar-refractivity contribution in [1.82, 2.24) is 0 Å². The normalized spacial score (nSPS) is 39.1. The summed E-state index contributed by atoms with van der Waals surface area (Å²) in [6.45, 7) is 12.3. The van der Waals surface area contributed by atoms with Crippen molar-refractivity contribution >= 4 is 29.7 Å². The van der Waals surface area contributed by atoms with Gasteiger partial charge in [0.15, 0.2) is 5.60 Å². The molecule has 0 spiro atoms.